The van der Waals surface area contributed by atoms with Crippen LogP contribution in [0, 0.1) is 12.7 Å². The molecule has 0 unspecified atom stereocenters. The lowest BCUT2D eigenvalue weighted by atomic mass is 9.99. The van der Waals surface area contributed by atoms with Crippen molar-refractivity contribution in [2.45, 2.75) is 45.1 Å². The van der Waals surface area contributed by atoms with Gasteiger partial charge in [-0.25, -0.2) is 14.4 Å². The summed E-state index contributed by atoms with van der Waals surface area (Å²) in [4.78, 5) is 26.6. The fourth-order valence-electron chi connectivity index (χ4n) is 4.22. The van der Waals surface area contributed by atoms with Gasteiger partial charge in [0.25, 0.3) is 5.91 Å². The molecule has 0 saturated carbocycles. The van der Waals surface area contributed by atoms with Crippen LogP contribution in [0.1, 0.15) is 48.8 Å². The lowest BCUT2D eigenvalue weighted by Gasteiger charge is -2.36. The fraction of sp³-hybridized carbons (Fsp3) is 0.500. The van der Waals surface area contributed by atoms with Crippen molar-refractivity contribution in [1.29, 1.82) is 0 Å². The highest BCUT2D eigenvalue weighted by molar-refractivity contribution is 5.78. The number of fused-ring (bicyclic) bond motifs is 1. The van der Waals surface area contributed by atoms with E-state index in [2.05, 4.69) is 11.9 Å². The van der Waals surface area contributed by atoms with Crippen LogP contribution < -0.4 is 9.64 Å². The summed E-state index contributed by atoms with van der Waals surface area (Å²) >= 11 is 0. The number of likely N-dealkylation sites (tertiary alicyclic amines) is 1. The molecule has 1 aromatic heterocycles. The number of anilines is 1. The van der Waals surface area contributed by atoms with E-state index in [0.29, 0.717) is 12.3 Å². The maximum Gasteiger partial charge on any atom is 0.261 e. The molecule has 1 saturated heterocycles. The Morgan fingerprint density at radius 1 is 1.17 bits per heavy atom. The second-order valence-electron chi connectivity index (χ2n) is 7.84. The topological polar surface area (TPSA) is 58.6 Å². The van der Waals surface area contributed by atoms with Gasteiger partial charge in [-0.3, -0.25) is 4.79 Å². The molecule has 1 amide bonds. The highest BCUT2D eigenvalue weighted by Gasteiger charge is 2.32. The lowest BCUT2D eigenvalue weighted by Crippen LogP contribution is -2.42. The number of hydrogen-bond donors (Lipinski definition) is 0. The lowest BCUT2D eigenvalue weighted by molar-refractivity contribution is -0.137. The first kappa shape index (κ1) is 19.6. The van der Waals surface area contributed by atoms with E-state index in [1.165, 1.54) is 29.8 Å². The quantitative estimate of drug-likeness (QED) is 0.790. The van der Waals surface area contributed by atoms with E-state index in [9.17, 15) is 9.18 Å². The molecule has 6 nitrogen and oxygen atoms in total. The van der Waals surface area contributed by atoms with Gasteiger partial charge in [0.1, 0.15) is 17.4 Å². The normalized spacial score (nSPS) is 19.1. The molecule has 0 aliphatic carbocycles. The summed E-state index contributed by atoms with van der Waals surface area (Å²) in [5, 5.41) is 0. The SMILES string of the molecule is Cc1nc([C@@H]2CCCCN2C(=O)COc2ccc(F)cc2)nc2c1CCCN2C. The van der Waals surface area contributed by atoms with E-state index in [1.807, 2.05) is 11.8 Å². The van der Waals surface area contributed by atoms with Crippen molar-refractivity contribution in [2.75, 3.05) is 31.6 Å². The van der Waals surface area contributed by atoms with Crippen molar-refractivity contribution in [2.24, 2.45) is 0 Å². The van der Waals surface area contributed by atoms with Crippen LogP contribution in [0.3, 0.4) is 0 Å². The van der Waals surface area contributed by atoms with E-state index in [4.69, 9.17) is 14.7 Å². The number of hydrogen-bond acceptors (Lipinski definition) is 5. The van der Waals surface area contributed by atoms with Crippen molar-refractivity contribution < 1.29 is 13.9 Å². The van der Waals surface area contributed by atoms with Gasteiger partial charge in [-0.15, -0.1) is 0 Å². The Kier molecular flexibility index (Phi) is 5.65. The third-order valence-electron chi connectivity index (χ3n) is 5.79. The Hall–Kier alpha value is -2.70. The number of piperidine rings is 1. The number of nitrogens with zero attached hydrogens (tertiary/aromatic N) is 4. The smallest absolute Gasteiger partial charge is 0.261 e. The van der Waals surface area contributed by atoms with Gasteiger partial charge in [-0.1, -0.05) is 0 Å². The molecule has 1 fully saturated rings. The molecule has 0 bridgehead atoms. The molecule has 1 aromatic carbocycles. The van der Waals surface area contributed by atoms with Gasteiger partial charge < -0.3 is 14.5 Å². The Labute approximate surface area is 170 Å². The van der Waals surface area contributed by atoms with Gasteiger partial charge in [0.2, 0.25) is 0 Å². The number of rotatable bonds is 4. The molecule has 0 radical (unpaired) electrons. The van der Waals surface area contributed by atoms with E-state index < -0.39 is 0 Å². The van der Waals surface area contributed by atoms with E-state index in [1.54, 1.807) is 0 Å². The number of benzene rings is 1. The summed E-state index contributed by atoms with van der Waals surface area (Å²) in [6.45, 7) is 3.62. The van der Waals surface area contributed by atoms with Gasteiger partial charge in [-0.2, -0.15) is 0 Å². The van der Waals surface area contributed by atoms with Gasteiger partial charge in [0.05, 0.1) is 6.04 Å². The first-order chi connectivity index (χ1) is 14.0. The van der Waals surface area contributed by atoms with Crippen molar-refractivity contribution in [3.8, 4) is 5.75 Å². The van der Waals surface area contributed by atoms with Crippen LogP contribution in [-0.4, -0.2) is 47.5 Å². The molecule has 2 aromatic rings. The first-order valence-electron chi connectivity index (χ1n) is 10.3. The van der Waals surface area contributed by atoms with Crippen molar-refractivity contribution >= 4 is 11.7 Å². The third kappa shape index (κ3) is 4.18. The van der Waals surface area contributed by atoms with E-state index >= 15 is 0 Å². The fourth-order valence-corrected chi connectivity index (χ4v) is 4.22. The van der Waals surface area contributed by atoms with Crippen molar-refractivity contribution in [3.63, 3.8) is 0 Å². The van der Waals surface area contributed by atoms with Gasteiger partial charge in [-0.05, 0) is 63.3 Å². The van der Waals surface area contributed by atoms with E-state index in [-0.39, 0.29) is 24.4 Å². The summed E-state index contributed by atoms with van der Waals surface area (Å²) in [6.07, 6.45) is 4.97. The zero-order valence-electron chi connectivity index (χ0n) is 17.0. The Morgan fingerprint density at radius 2 is 1.97 bits per heavy atom. The highest BCUT2D eigenvalue weighted by Crippen LogP contribution is 2.33. The predicted octanol–water partition coefficient (Wildman–Crippen LogP) is 3.44. The predicted molar refractivity (Wildman–Crippen MR) is 109 cm³/mol. The summed E-state index contributed by atoms with van der Waals surface area (Å²) in [5.41, 5.74) is 2.23. The summed E-state index contributed by atoms with van der Waals surface area (Å²) < 4.78 is 18.6. The maximum atomic E-state index is 13.0. The maximum absolute atomic E-state index is 13.0. The molecule has 29 heavy (non-hydrogen) atoms. The second kappa shape index (κ2) is 8.35. The molecule has 4 rings (SSSR count). The number of carbonyl (C=O) groups excluding carboxylic acids is 1. The van der Waals surface area contributed by atoms with Crippen LogP contribution in [-0.2, 0) is 11.2 Å². The minimum atomic E-state index is -0.329. The summed E-state index contributed by atoms with van der Waals surface area (Å²) in [5.74, 6) is 1.79. The van der Waals surface area contributed by atoms with Crippen LogP contribution in [0.5, 0.6) is 5.75 Å². The van der Waals surface area contributed by atoms with E-state index in [0.717, 1.165) is 56.0 Å². The molecule has 7 heteroatoms. The van der Waals surface area contributed by atoms with Crippen LogP contribution in [0.4, 0.5) is 10.2 Å². The number of amides is 1. The second-order valence-corrected chi connectivity index (χ2v) is 7.84. The Balaban J connectivity index is 1.53. The summed E-state index contributed by atoms with van der Waals surface area (Å²) in [7, 11) is 2.06. The number of aromatic nitrogens is 2. The summed E-state index contributed by atoms with van der Waals surface area (Å²) in [6, 6.07) is 5.57. The Bertz CT molecular complexity index is 887. The minimum Gasteiger partial charge on any atom is -0.484 e. The number of ether oxygens (including phenoxy) is 1. The molecule has 2 aliphatic rings. The number of halogens is 1. The van der Waals surface area contributed by atoms with Gasteiger partial charge in [0.15, 0.2) is 12.4 Å². The number of carbonyl (C=O) groups is 1. The molecule has 1 atom stereocenters. The molecule has 154 valence electrons. The molecular formula is C22H27FN4O2. The van der Waals surface area contributed by atoms with Crippen LogP contribution >= 0.6 is 0 Å². The third-order valence-corrected chi connectivity index (χ3v) is 5.79. The van der Waals surface area contributed by atoms with Crippen LogP contribution in [0.15, 0.2) is 24.3 Å². The van der Waals surface area contributed by atoms with Gasteiger partial charge >= 0.3 is 0 Å². The molecule has 0 spiro atoms. The van der Waals surface area contributed by atoms with Crippen LogP contribution in [0.25, 0.3) is 0 Å². The van der Waals surface area contributed by atoms with Gasteiger partial charge in [0, 0.05) is 31.4 Å². The monoisotopic (exact) mass is 398 g/mol. The average molecular weight is 398 g/mol. The number of aryl methyl sites for hydroxylation is 1. The zero-order chi connectivity index (χ0) is 20.4. The van der Waals surface area contributed by atoms with Crippen molar-refractivity contribution in [3.05, 3.63) is 47.2 Å². The standard InChI is InChI=1S/C22H27FN4O2/c1-15-18-6-5-12-26(2)22(18)25-21(24-15)19-7-3-4-13-27(19)20(28)14-29-17-10-8-16(23)9-11-17/h8-11,19H,3-7,12-14H2,1-2H3/t19-/m0/s1. The minimum absolute atomic E-state index is 0.0774. The Morgan fingerprint density at radius 3 is 2.76 bits per heavy atom. The largest absolute Gasteiger partial charge is 0.484 e. The molecular weight excluding hydrogens is 371 g/mol. The first-order valence-corrected chi connectivity index (χ1v) is 10.3. The van der Waals surface area contributed by atoms with Crippen LogP contribution in [0.2, 0.25) is 0 Å². The zero-order valence-corrected chi connectivity index (χ0v) is 17.0. The molecule has 0 N–H and O–H groups in total. The highest BCUT2D eigenvalue weighted by atomic mass is 19.1. The average Bonchev–Trinajstić information content (AvgIpc) is 2.74. The molecule has 2 aliphatic heterocycles. The molecule has 3 heterocycles. The van der Waals surface area contributed by atoms with Crippen molar-refractivity contribution in [1.82, 2.24) is 14.9 Å².